The summed E-state index contributed by atoms with van der Waals surface area (Å²) in [4.78, 5) is 0. The average Bonchev–Trinajstić information content (AvgIpc) is 1.78. The van der Waals surface area contributed by atoms with E-state index in [-0.39, 0.29) is 34.0 Å². The molecule has 15 heavy (non-hydrogen) atoms. The van der Waals surface area contributed by atoms with Crippen molar-refractivity contribution >= 4 is 0 Å². The van der Waals surface area contributed by atoms with E-state index in [4.69, 9.17) is 0 Å². The summed E-state index contributed by atoms with van der Waals surface area (Å²) >= 11 is 0. The summed E-state index contributed by atoms with van der Waals surface area (Å²) < 4.78 is 2.02. The minimum Gasteiger partial charge on any atom is -1.00 e. The first-order valence-corrected chi connectivity index (χ1v) is 4.87. The zero-order valence-electron chi connectivity index (χ0n) is 11.1. The van der Waals surface area contributed by atoms with Gasteiger partial charge in [0.25, 0.3) is 0 Å². The van der Waals surface area contributed by atoms with Crippen LogP contribution >= 0.6 is 0 Å². The summed E-state index contributed by atoms with van der Waals surface area (Å²) in [6.07, 6.45) is 2.35. The van der Waals surface area contributed by atoms with Gasteiger partial charge in [-0.05, 0) is 18.6 Å². The Bertz CT molecular complexity index is 188. The van der Waals surface area contributed by atoms with Gasteiger partial charge in [-0.2, -0.15) is 0 Å². The lowest BCUT2D eigenvalue weighted by molar-refractivity contribution is -0.867. The second-order valence-electron chi connectivity index (χ2n) is 5.97. The van der Waals surface area contributed by atoms with Gasteiger partial charge < -0.3 is 42.9 Å². The summed E-state index contributed by atoms with van der Waals surface area (Å²) in [5.41, 5.74) is 1.49. The largest absolute Gasteiger partial charge is 1.00 e. The van der Waals surface area contributed by atoms with Gasteiger partial charge in [-0.1, -0.05) is 0 Å². The predicted molar refractivity (Wildman–Crippen MR) is 59.6 cm³/mol. The maximum Gasteiger partial charge on any atom is 0.0996 e. The van der Waals surface area contributed by atoms with Crippen molar-refractivity contribution in [2.45, 2.75) is 6.92 Å². The van der Waals surface area contributed by atoms with E-state index in [0.29, 0.717) is 0 Å². The van der Waals surface area contributed by atoms with Gasteiger partial charge >= 0.3 is 0 Å². The fraction of sp³-hybridized carbons (Fsp3) is 0.818. The molecule has 0 aliphatic carbocycles. The molecule has 0 heterocycles. The molecule has 2 nitrogen and oxygen atoms in total. The van der Waals surface area contributed by atoms with Crippen LogP contribution in [0.2, 0.25) is 0 Å². The van der Waals surface area contributed by atoms with Gasteiger partial charge in [-0.25, -0.2) is 0 Å². The van der Waals surface area contributed by atoms with Crippen LogP contribution in [0.5, 0.6) is 0 Å². The third kappa shape index (κ3) is 17.2. The molecule has 0 saturated heterocycles. The summed E-state index contributed by atoms with van der Waals surface area (Å²) in [6.45, 7) is 4.48. The minimum atomic E-state index is 0. The van der Waals surface area contributed by atoms with E-state index in [9.17, 15) is 0 Å². The van der Waals surface area contributed by atoms with Crippen molar-refractivity contribution in [3.05, 3.63) is 11.6 Å². The Hall–Kier alpha value is 0.620. The molecule has 4 heteroatoms. The first-order chi connectivity index (χ1) is 5.60. The number of nitrogens with zero attached hydrogens (tertiary/aromatic N) is 2. The lowest BCUT2D eigenvalue weighted by Crippen LogP contribution is -3.00. The standard InChI is InChI=1S/C11H26N2.2BrH/c1-11(10-13(5,6)7)8-9-12(2,3)4;;/h8H,9-10H2,1-7H3;2*1H/q+2;;/p-2/b11-8+;;. The molecule has 0 aromatic carbocycles. The number of quaternary nitrogens is 2. The minimum absolute atomic E-state index is 0. The summed E-state index contributed by atoms with van der Waals surface area (Å²) in [7, 11) is 13.3. The molecule has 0 unspecified atom stereocenters. The Morgan fingerprint density at radius 2 is 1.27 bits per heavy atom. The van der Waals surface area contributed by atoms with Gasteiger partial charge in [-0.15, -0.1) is 0 Å². The van der Waals surface area contributed by atoms with E-state index in [0.717, 1.165) is 22.1 Å². The van der Waals surface area contributed by atoms with E-state index >= 15 is 0 Å². The maximum atomic E-state index is 2.35. The highest BCUT2D eigenvalue weighted by atomic mass is 79.9. The Morgan fingerprint density at radius 1 is 0.867 bits per heavy atom. The number of hydrogen-bond acceptors (Lipinski definition) is 0. The van der Waals surface area contributed by atoms with Crippen molar-refractivity contribution < 1.29 is 42.9 Å². The van der Waals surface area contributed by atoms with Crippen molar-refractivity contribution in [3.63, 3.8) is 0 Å². The third-order valence-electron chi connectivity index (χ3n) is 1.71. The van der Waals surface area contributed by atoms with Crippen LogP contribution in [0.15, 0.2) is 11.6 Å². The van der Waals surface area contributed by atoms with Crippen LogP contribution in [0.4, 0.5) is 0 Å². The molecule has 0 amide bonds. The molecule has 0 bridgehead atoms. The molecule has 0 spiro atoms. The van der Waals surface area contributed by atoms with Crippen LogP contribution in [-0.2, 0) is 0 Å². The van der Waals surface area contributed by atoms with Crippen LogP contribution in [0.25, 0.3) is 0 Å². The van der Waals surface area contributed by atoms with Crippen LogP contribution in [0, 0.1) is 0 Å². The highest BCUT2D eigenvalue weighted by Crippen LogP contribution is 2.02. The predicted octanol–water partition coefficient (Wildman–Crippen LogP) is -4.65. The lowest BCUT2D eigenvalue weighted by Gasteiger charge is -2.26. The fourth-order valence-corrected chi connectivity index (χ4v) is 1.24. The van der Waals surface area contributed by atoms with Gasteiger partial charge in [-0.3, -0.25) is 0 Å². The van der Waals surface area contributed by atoms with Crippen molar-refractivity contribution in [3.8, 4) is 0 Å². The van der Waals surface area contributed by atoms with Crippen molar-refractivity contribution in [2.75, 3.05) is 55.4 Å². The SMILES string of the molecule is C/C(=C\C[N+](C)(C)C)C[N+](C)(C)C.[Br-].[Br-]. The molecule has 0 saturated carbocycles. The molecule has 0 aliphatic heterocycles. The quantitative estimate of drug-likeness (QED) is 0.355. The Morgan fingerprint density at radius 3 is 1.53 bits per heavy atom. The molecule has 0 fully saturated rings. The first-order valence-electron chi connectivity index (χ1n) is 4.87. The van der Waals surface area contributed by atoms with Crippen LogP contribution in [0.1, 0.15) is 6.92 Å². The van der Waals surface area contributed by atoms with E-state index < -0.39 is 0 Å². The Labute approximate surface area is 117 Å². The van der Waals surface area contributed by atoms with E-state index in [1.807, 2.05) is 0 Å². The summed E-state index contributed by atoms with van der Waals surface area (Å²) in [5.74, 6) is 0. The van der Waals surface area contributed by atoms with E-state index in [1.165, 1.54) is 5.57 Å². The third-order valence-corrected chi connectivity index (χ3v) is 1.71. The summed E-state index contributed by atoms with van der Waals surface area (Å²) in [5, 5.41) is 0. The van der Waals surface area contributed by atoms with Gasteiger partial charge in [0.2, 0.25) is 0 Å². The molecule has 94 valence electrons. The van der Waals surface area contributed by atoms with Gasteiger partial charge in [0.05, 0.1) is 55.4 Å². The molecule has 0 aliphatic rings. The second-order valence-corrected chi connectivity index (χ2v) is 5.97. The Kier molecular flexibility index (Phi) is 10.9. The maximum absolute atomic E-state index is 2.35. The fourth-order valence-electron chi connectivity index (χ4n) is 1.24. The van der Waals surface area contributed by atoms with E-state index in [1.54, 1.807) is 0 Å². The van der Waals surface area contributed by atoms with Crippen LogP contribution < -0.4 is 34.0 Å². The molecule has 0 rings (SSSR count). The van der Waals surface area contributed by atoms with Crippen LogP contribution in [-0.4, -0.2) is 64.3 Å². The molecule has 0 N–H and O–H groups in total. The van der Waals surface area contributed by atoms with Gasteiger partial charge in [0, 0.05) is 0 Å². The topological polar surface area (TPSA) is 0 Å². The van der Waals surface area contributed by atoms with Crippen LogP contribution in [0.3, 0.4) is 0 Å². The van der Waals surface area contributed by atoms with Crippen molar-refractivity contribution in [1.82, 2.24) is 0 Å². The molecule has 0 aromatic rings. The highest BCUT2D eigenvalue weighted by molar-refractivity contribution is 4.97. The average molecular weight is 346 g/mol. The molecule has 0 aromatic heterocycles. The normalized spacial score (nSPS) is 12.9. The lowest BCUT2D eigenvalue weighted by atomic mass is 10.2. The second kappa shape index (κ2) is 7.82. The zero-order valence-corrected chi connectivity index (χ0v) is 14.3. The Balaban J connectivity index is -0.000000720. The van der Waals surface area contributed by atoms with Crippen molar-refractivity contribution in [1.29, 1.82) is 0 Å². The molecule has 0 radical (unpaired) electrons. The summed E-state index contributed by atoms with van der Waals surface area (Å²) in [6, 6.07) is 0. The van der Waals surface area contributed by atoms with Gasteiger partial charge in [0.15, 0.2) is 0 Å². The molecule has 0 atom stereocenters. The number of likely N-dealkylation sites (N-methyl/N-ethyl adjacent to an activating group) is 2. The zero-order chi connectivity index (χ0) is 10.7. The number of hydrogen-bond donors (Lipinski definition) is 0. The first kappa shape index (κ1) is 21.0. The monoisotopic (exact) mass is 344 g/mol. The van der Waals surface area contributed by atoms with E-state index in [2.05, 4.69) is 55.3 Å². The number of rotatable bonds is 4. The highest BCUT2D eigenvalue weighted by Gasteiger charge is 2.09. The molecular formula is C11H26Br2N2. The van der Waals surface area contributed by atoms with Gasteiger partial charge in [0.1, 0.15) is 0 Å². The van der Waals surface area contributed by atoms with Crippen molar-refractivity contribution in [2.24, 2.45) is 0 Å². The smallest absolute Gasteiger partial charge is 0.0996 e. The molecular weight excluding hydrogens is 320 g/mol. The number of halogens is 2.